The summed E-state index contributed by atoms with van der Waals surface area (Å²) in [5.74, 6) is 0.232. The van der Waals surface area contributed by atoms with Gasteiger partial charge in [-0.2, -0.15) is 0 Å². The van der Waals surface area contributed by atoms with E-state index in [2.05, 4.69) is 53.5 Å². The van der Waals surface area contributed by atoms with E-state index in [4.69, 9.17) is 10.5 Å². The van der Waals surface area contributed by atoms with Crippen molar-refractivity contribution in [1.82, 2.24) is 9.55 Å². The van der Waals surface area contributed by atoms with Gasteiger partial charge in [-0.05, 0) is 48.1 Å². The second-order valence-electron chi connectivity index (χ2n) is 8.80. The number of hydrogen-bond donors (Lipinski definition) is 2. The molecule has 0 fully saturated rings. The lowest BCUT2D eigenvalue weighted by atomic mass is 10.0. The standard InChI is InChI=1S/C30H31N3O3/c1-22(34)28(33-19-27(30(31)35)32-21-33)18-17-26-9-5-6-10-29(26)36-20-25-15-13-24(14-16-25)12-11-23-7-3-2-4-8-23/h2-16,19,21-22,28,34H,17-18,20H2,1H3,(H2,31,35)/t22-,28+/m0/s1. The predicted molar refractivity (Wildman–Crippen MR) is 142 cm³/mol. The van der Waals surface area contributed by atoms with E-state index in [0.717, 1.165) is 22.4 Å². The van der Waals surface area contributed by atoms with Crippen LogP contribution in [0.1, 0.15) is 52.1 Å². The molecule has 0 unspecified atom stereocenters. The summed E-state index contributed by atoms with van der Waals surface area (Å²) in [5, 5.41) is 10.3. The average Bonchev–Trinajstić information content (AvgIpc) is 3.38. The first-order valence-corrected chi connectivity index (χ1v) is 12.0. The molecule has 4 aromatic rings. The Hall–Kier alpha value is -4.16. The number of primary amides is 1. The summed E-state index contributed by atoms with van der Waals surface area (Å²) >= 11 is 0. The predicted octanol–water partition coefficient (Wildman–Crippen LogP) is 5.29. The fourth-order valence-electron chi connectivity index (χ4n) is 4.08. The fourth-order valence-corrected chi connectivity index (χ4v) is 4.08. The number of para-hydroxylation sites is 1. The molecule has 0 bridgehead atoms. The van der Waals surface area contributed by atoms with Crippen LogP contribution in [0.3, 0.4) is 0 Å². The number of nitrogens with zero attached hydrogens (tertiary/aromatic N) is 2. The van der Waals surface area contributed by atoms with Crippen molar-refractivity contribution in [3.63, 3.8) is 0 Å². The summed E-state index contributed by atoms with van der Waals surface area (Å²) in [6.07, 6.45) is 8.04. The van der Waals surface area contributed by atoms with Gasteiger partial charge in [-0.1, -0.05) is 84.9 Å². The van der Waals surface area contributed by atoms with Gasteiger partial charge < -0.3 is 20.1 Å². The Labute approximate surface area is 211 Å². The van der Waals surface area contributed by atoms with Crippen molar-refractivity contribution < 1.29 is 14.6 Å². The molecule has 2 atom stereocenters. The van der Waals surface area contributed by atoms with Crippen LogP contribution in [-0.4, -0.2) is 26.7 Å². The summed E-state index contributed by atoms with van der Waals surface area (Å²) < 4.78 is 7.92. The lowest BCUT2D eigenvalue weighted by molar-refractivity contribution is 0.0994. The molecule has 36 heavy (non-hydrogen) atoms. The maximum atomic E-state index is 11.4. The van der Waals surface area contributed by atoms with Gasteiger partial charge in [0.15, 0.2) is 0 Å². The Morgan fingerprint density at radius 3 is 2.33 bits per heavy atom. The van der Waals surface area contributed by atoms with Crippen molar-refractivity contribution in [3.8, 4) is 5.75 Å². The minimum Gasteiger partial charge on any atom is -0.489 e. The molecule has 0 aliphatic heterocycles. The lowest BCUT2D eigenvalue weighted by Gasteiger charge is -2.22. The van der Waals surface area contributed by atoms with Gasteiger partial charge in [0.2, 0.25) is 0 Å². The van der Waals surface area contributed by atoms with Gasteiger partial charge in [-0.15, -0.1) is 0 Å². The Morgan fingerprint density at radius 1 is 1.00 bits per heavy atom. The van der Waals surface area contributed by atoms with E-state index in [-0.39, 0.29) is 11.7 Å². The maximum absolute atomic E-state index is 11.4. The highest BCUT2D eigenvalue weighted by atomic mass is 16.5. The van der Waals surface area contributed by atoms with Crippen molar-refractivity contribution >= 4 is 18.1 Å². The number of rotatable bonds is 11. The molecule has 0 aliphatic carbocycles. The minimum absolute atomic E-state index is 0.186. The SMILES string of the molecule is C[C@H](O)[C@@H](CCc1ccccc1OCc1ccc(C=Cc2ccccc2)cc1)n1cnc(C(N)=O)c1. The Kier molecular flexibility index (Phi) is 8.32. The number of hydrogen-bond acceptors (Lipinski definition) is 4. The summed E-state index contributed by atoms with van der Waals surface area (Å²) in [4.78, 5) is 15.4. The number of nitrogens with two attached hydrogens (primary N) is 1. The molecule has 1 amide bonds. The van der Waals surface area contributed by atoms with E-state index in [9.17, 15) is 9.90 Å². The Bertz CT molecular complexity index is 1290. The first-order chi connectivity index (χ1) is 17.5. The van der Waals surface area contributed by atoms with Crippen LogP contribution in [0.5, 0.6) is 5.75 Å². The Morgan fingerprint density at radius 2 is 1.67 bits per heavy atom. The molecule has 4 rings (SSSR count). The van der Waals surface area contributed by atoms with Crippen LogP contribution in [0.4, 0.5) is 0 Å². The number of amides is 1. The summed E-state index contributed by atoms with van der Waals surface area (Å²) in [6.45, 7) is 2.19. The summed E-state index contributed by atoms with van der Waals surface area (Å²) in [7, 11) is 0. The highest BCUT2D eigenvalue weighted by molar-refractivity contribution is 5.90. The molecular formula is C30H31N3O3. The van der Waals surface area contributed by atoms with E-state index in [1.54, 1.807) is 24.0 Å². The topological polar surface area (TPSA) is 90.4 Å². The molecule has 1 aromatic heterocycles. The molecule has 1 heterocycles. The number of imidazole rings is 1. The zero-order valence-electron chi connectivity index (χ0n) is 20.3. The van der Waals surface area contributed by atoms with Crippen molar-refractivity contribution in [2.75, 3.05) is 0 Å². The third kappa shape index (κ3) is 6.71. The van der Waals surface area contributed by atoms with E-state index in [0.29, 0.717) is 19.4 Å². The van der Waals surface area contributed by atoms with Crippen LogP contribution in [0, 0.1) is 0 Å². The van der Waals surface area contributed by atoms with E-state index in [1.807, 2.05) is 42.5 Å². The fraction of sp³-hybridized carbons (Fsp3) is 0.200. The molecule has 0 radical (unpaired) electrons. The largest absolute Gasteiger partial charge is 0.489 e. The van der Waals surface area contributed by atoms with Gasteiger partial charge >= 0.3 is 0 Å². The minimum atomic E-state index is -0.623. The molecule has 0 aliphatic rings. The summed E-state index contributed by atoms with van der Waals surface area (Å²) in [5.41, 5.74) is 9.94. The molecule has 6 nitrogen and oxygen atoms in total. The second kappa shape index (κ2) is 12.0. The van der Waals surface area contributed by atoms with Gasteiger partial charge in [0.25, 0.3) is 5.91 Å². The maximum Gasteiger partial charge on any atom is 0.268 e. The third-order valence-corrected chi connectivity index (χ3v) is 6.12. The van der Waals surface area contributed by atoms with Gasteiger partial charge in [0, 0.05) is 6.20 Å². The number of aliphatic hydroxyl groups excluding tert-OH is 1. The third-order valence-electron chi connectivity index (χ3n) is 6.12. The van der Waals surface area contributed by atoms with Crippen LogP contribution < -0.4 is 10.5 Å². The quantitative estimate of drug-likeness (QED) is 0.285. The lowest BCUT2D eigenvalue weighted by Crippen LogP contribution is -2.21. The van der Waals surface area contributed by atoms with Crippen molar-refractivity contribution in [2.24, 2.45) is 5.73 Å². The number of aromatic nitrogens is 2. The number of carbonyl (C=O) groups is 1. The normalized spacial score (nSPS) is 12.9. The van der Waals surface area contributed by atoms with Gasteiger partial charge in [0.05, 0.1) is 18.5 Å². The van der Waals surface area contributed by atoms with Crippen molar-refractivity contribution in [3.05, 3.63) is 119 Å². The monoisotopic (exact) mass is 481 g/mol. The van der Waals surface area contributed by atoms with Crippen LogP contribution in [0.15, 0.2) is 91.4 Å². The highest BCUT2D eigenvalue weighted by Gasteiger charge is 2.19. The van der Waals surface area contributed by atoms with E-state index >= 15 is 0 Å². The molecule has 0 saturated heterocycles. The molecule has 3 N–H and O–H groups in total. The number of benzene rings is 3. The first-order valence-electron chi connectivity index (χ1n) is 12.0. The van der Waals surface area contributed by atoms with Gasteiger partial charge in [-0.25, -0.2) is 4.98 Å². The molecular weight excluding hydrogens is 450 g/mol. The molecule has 6 heteroatoms. The smallest absolute Gasteiger partial charge is 0.268 e. The zero-order chi connectivity index (χ0) is 25.3. The molecule has 0 spiro atoms. The molecule has 3 aromatic carbocycles. The van der Waals surface area contributed by atoms with Crippen LogP contribution in [-0.2, 0) is 13.0 Å². The second-order valence-corrected chi connectivity index (χ2v) is 8.80. The van der Waals surface area contributed by atoms with Gasteiger partial charge in [-0.3, -0.25) is 4.79 Å². The van der Waals surface area contributed by atoms with Crippen LogP contribution in [0.2, 0.25) is 0 Å². The zero-order valence-corrected chi connectivity index (χ0v) is 20.3. The van der Waals surface area contributed by atoms with E-state index < -0.39 is 12.0 Å². The molecule has 0 saturated carbocycles. The number of aryl methyl sites for hydroxylation is 1. The van der Waals surface area contributed by atoms with Crippen LogP contribution in [0.25, 0.3) is 12.2 Å². The number of aliphatic hydroxyl groups is 1. The van der Waals surface area contributed by atoms with Gasteiger partial charge in [0.1, 0.15) is 18.1 Å². The summed E-state index contributed by atoms with van der Waals surface area (Å²) in [6, 6.07) is 26.2. The first kappa shape index (κ1) is 24.9. The average molecular weight is 482 g/mol. The van der Waals surface area contributed by atoms with Crippen molar-refractivity contribution in [2.45, 2.75) is 38.5 Å². The van der Waals surface area contributed by atoms with Crippen molar-refractivity contribution in [1.29, 1.82) is 0 Å². The number of ether oxygens (including phenoxy) is 1. The van der Waals surface area contributed by atoms with E-state index in [1.165, 1.54) is 5.56 Å². The molecule has 184 valence electrons. The highest BCUT2D eigenvalue weighted by Crippen LogP contribution is 2.26. The van der Waals surface area contributed by atoms with Crippen LogP contribution >= 0.6 is 0 Å². The Balaban J connectivity index is 1.37. The number of carbonyl (C=O) groups excluding carboxylic acids is 1.